The van der Waals surface area contributed by atoms with Gasteiger partial charge < -0.3 is 10.5 Å². The average molecular weight is 426 g/mol. The van der Waals surface area contributed by atoms with Crippen molar-refractivity contribution in [3.8, 4) is 0 Å². The molecule has 2 aromatic carbocycles. The van der Waals surface area contributed by atoms with E-state index in [4.69, 9.17) is 22.1 Å². The lowest BCUT2D eigenvalue weighted by molar-refractivity contribution is 0.0169. The number of aromatic nitrogens is 2. The van der Waals surface area contributed by atoms with Crippen LogP contribution in [0.3, 0.4) is 0 Å². The largest absolute Gasteiger partial charge is 0.459 e. The second kappa shape index (κ2) is 8.58. The second-order valence-electron chi connectivity index (χ2n) is 7.77. The van der Waals surface area contributed by atoms with Crippen molar-refractivity contribution in [2.45, 2.75) is 50.8 Å². The zero-order valence-electron chi connectivity index (χ0n) is 16.8. The van der Waals surface area contributed by atoms with E-state index >= 15 is 0 Å². The first-order chi connectivity index (χ1) is 14.5. The van der Waals surface area contributed by atoms with Gasteiger partial charge in [0.05, 0.1) is 27.5 Å². The molecule has 0 unspecified atom stereocenters. The molecule has 1 heterocycles. The van der Waals surface area contributed by atoms with E-state index in [2.05, 4.69) is 4.98 Å². The van der Waals surface area contributed by atoms with Crippen molar-refractivity contribution in [2.75, 3.05) is 0 Å². The Bertz CT molecular complexity index is 1120. The monoisotopic (exact) mass is 425 g/mol. The number of carbonyl (C=O) groups is 1. The fourth-order valence-corrected chi connectivity index (χ4v) is 4.36. The van der Waals surface area contributed by atoms with Gasteiger partial charge in [-0.15, -0.1) is 0 Å². The molecule has 0 spiro atoms. The molecule has 0 aliphatic heterocycles. The smallest absolute Gasteiger partial charge is 0.338 e. The molecular formula is C23H24ClN3O3. The molecule has 6 nitrogen and oxygen atoms in total. The summed E-state index contributed by atoms with van der Waals surface area (Å²) in [5.41, 5.74) is 7.09. The number of carbonyl (C=O) groups excluding carboxylic acids is 1. The van der Waals surface area contributed by atoms with Crippen molar-refractivity contribution in [1.29, 1.82) is 0 Å². The molecule has 0 amide bonds. The average Bonchev–Trinajstić information content (AvgIpc) is 2.75. The lowest BCUT2D eigenvalue weighted by atomic mass is 9.92. The van der Waals surface area contributed by atoms with Gasteiger partial charge in [-0.1, -0.05) is 35.9 Å². The Kier molecular flexibility index (Phi) is 5.88. The zero-order valence-corrected chi connectivity index (χ0v) is 17.5. The first-order valence-corrected chi connectivity index (χ1v) is 10.6. The topological polar surface area (TPSA) is 87.2 Å². The lowest BCUT2D eigenvalue weighted by Crippen LogP contribution is -2.35. The van der Waals surface area contributed by atoms with Crippen LogP contribution in [0, 0.1) is 0 Å². The summed E-state index contributed by atoms with van der Waals surface area (Å²) < 4.78 is 7.37. The minimum absolute atomic E-state index is 0.0571. The van der Waals surface area contributed by atoms with Gasteiger partial charge in [0.2, 0.25) is 0 Å². The van der Waals surface area contributed by atoms with E-state index in [1.807, 2.05) is 25.1 Å². The number of nitrogens with zero attached hydrogens (tertiary/aromatic N) is 2. The van der Waals surface area contributed by atoms with Gasteiger partial charge in [0.15, 0.2) is 0 Å². The predicted octanol–water partition coefficient (Wildman–Crippen LogP) is 4.41. The first-order valence-electron chi connectivity index (χ1n) is 10.2. The number of esters is 1. The Balaban J connectivity index is 1.56. The molecule has 156 valence electrons. The third kappa shape index (κ3) is 3.98. The molecule has 2 N–H and O–H groups in total. The Morgan fingerprint density at radius 3 is 2.50 bits per heavy atom. The highest BCUT2D eigenvalue weighted by molar-refractivity contribution is 6.35. The molecule has 1 atom stereocenters. The zero-order chi connectivity index (χ0) is 21.3. The van der Waals surface area contributed by atoms with E-state index in [1.54, 1.807) is 34.9 Å². The van der Waals surface area contributed by atoms with Crippen LogP contribution in [0.5, 0.6) is 0 Å². The van der Waals surface area contributed by atoms with E-state index in [0.29, 0.717) is 53.0 Å². The van der Waals surface area contributed by atoms with Crippen molar-refractivity contribution in [1.82, 2.24) is 9.55 Å². The summed E-state index contributed by atoms with van der Waals surface area (Å²) >= 11 is 6.30. The van der Waals surface area contributed by atoms with Crippen LogP contribution in [-0.2, 0) is 4.74 Å². The van der Waals surface area contributed by atoms with Crippen LogP contribution in [-0.4, -0.2) is 21.6 Å². The molecule has 0 saturated heterocycles. The number of ether oxygens (including phenoxy) is 1. The highest BCUT2D eigenvalue weighted by Crippen LogP contribution is 2.32. The van der Waals surface area contributed by atoms with Gasteiger partial charge in [-0.25, -0.2) is 9.78 Å². The van der Waals surface area contributed by atoms with Crippen LogP contribution in [0.1, 0.15) is 60.9 Å². The second-order valence-corrected chi connectivity index (χ2v) is 8.18. The van der Waals surface area contributed by atoms with E-state index in [-0.39, 0.29) is 23.7 Å². The maximum atomic E-state index is 13.3. The van der Waals surface area contributed by atoms with Crippen LogP contribution in [0.4, 0.5) is 0 Å². The van der Waals surface area contributed by atoms with Gasteiger partial charge in [-0.2, -0.15) is 0 Å². The van der Waals surface area contributed by atoms with Crippen LogP contribution >= 0.6 is 11.6 Å². The van der Waals surface area contributed by atoms with Crippen molar-refractivity contribution in [3.05, 3.63) is 75.3 Å². The number of benzene rings is 2. The van der Waals surface area contributed by atoms with Gasteiger partial charge in [-0.3, -0.25) is 9.36 Å². The summed E-state index contributed by atoms with van der Waals surface area (Å²) in [5, 5.41) is 0.807. The van der Waals surface area contributed by atoms with E-state index in [1.165, 1.54) is 0 Å². The summed E-state index contributed by atoms with van der Waals surface area (Å²) in [5.74, 6) is 0.242. The Morgan fingerprint density at radius 2 is 1.83 bits per heavy atom. The standard InChI is InChI=1S/C23H24ClN3O3/c1-14(25)21-26-19-9-5-8-18(24)20(19)22(28)27(21)16-10-12-17(13-11-16)30-23(29)15-6-3-2-4-7-15/h2-9,14,16-17H,10-13,25H2,1H3/t14-,16-,17-/m0/s1. The minimum atomic E-state index is -0.394. The van der Waals surface area contributed by atoms with Crippen molar-refractivity contribution < 1.29 is 9.53 Å². The summed E-state index contributed by atoms with van der Waals surface area (Å²) in [4.78, 5) is 30.3. The molecule has 1 aliphatic carbocycles. The van der Waals surface area contributed by atoms with Crippen LogP contribution in [0.25, 0.3) is 10.9 Å². The molecule has 30 heavy (non-hydrogen) atoms. The maximum Gasteiger partial charge on any atom is 0.338 e. The van der Waals surface area contributed by atoms with Gasteiger partial charge in [-0.05, 0) is 56.9 Å². The molecule has 1 fully saturated rings. The molecule has 1 saturated carbocycles. The van der Waals surface area contributed by atoms with Gasteiger partial charge in [0.1, 0.15) is 11.9 Å². The molecule has 0 radical (unpaired) electrons. The number of halogens is 1. The summed E-state index contributed by atoms with van der Waals surface area (Å²) in [6, 6.07) is 13.8. The third-order valence-electron chi connectivity index (χ3n) is 5.61. The Labute approximate surface area is 179 Å². The normalized spacial score (nSPS) is 20.1. The van der Waals surface area contributed by atoms with Crippen LogP contribution in [0.2, 0.25) is 5.02 Å². The molecule has 4 rings (SSSR count). The summed E-state index contributed by atoms with van der Waals surface area (Å²) in [6.45, 7) is 1.82. The SMILES string of the molecule is C[C@H](N)c1nc2cccc(Cl)c2c(=O)n1[C@H]1CC[C@H](OC(=O)c2ccccc2)CC1. The summed E-state index contributed by atoms with van der Waals surface area (Å²) in [7, 11) is 0. The molecule has 3 aromatic rings. The Hall–Kier alpha value is -2.70. The fraction of sp³-hybridized carbons (Fsp3) is 0.348. The number of fused-ring (bicyclic) bond motifs is 1. The maximum absolute atomic E-state index is 13.3. The van der Waals surface area contributed by atoms with Gasteiger partial charge in [0.25, 0.3) is 5.56 Å². The van der Waals surface area contributed by atoms with E-state index < -0.39 is 6.04 Å². The number of hydrogen-bond donors (Lipinski definition) is 1. The molecule has 7 heteroatoms. The summed E-state index contributed by atoms with van der Waals surface area (Å²) in [6.07, 6.45) is 2.58. The minimum Gasteiger partial charge on any atom is -0.459 e. The Morgan fingerprint density at radius 1 is 1.13 bits per heavy atom. The quantitative estimate of drug-likeness (QED) is 0.625. The van der Waals surface area contributed by atoms with Crippen molar-refractivity contribution in [3.63, 3.8) is 0 Å². The van der Waals surface area contributed by atoms with E-state index in [0.717, 1.165) is 0 Å². The highest BCUT2D eigenvalue weighted by Gasteiger charge is 2.29. The van der Waals surface area contributed by atoms with Crippen LogP contribution in [0.15, 0.2) is 53.3 Å². The highest BCUT2D eigenvalue weighted by atomic mass is 35.5. The first kappa shape index (κ1) is 20.6. The molecule has 1 aromatic heterocycles. The number of nitrogens with two attached hydrogens (primary N) is 1. The van der Waals surface area contributed by atoms with Gasteiger partial charge >= 0.3 is 5.97 Å². The molecule has 0 bridgehead atoms. The van der Waals surface area contributed by atoms with E-state index in [9.17, 15) is 9.59 Å². The predicted molar refractivity (Wildman–Crippen MR) is 117 cm³/mol. The van der Waals surface area contributed by atoms with Crippen molar-refractivity contribution >= 4 is 28.5 Å². The third-order valence-corrected chi connectivity index (χ3v) is 5.92. The lowest BCUT2D eigenvalue weighted by Gasteiger charge is -2.31. The molecule has 1 aliphatic rings. The van der Waals surface area contributed by atoms with Gasteiger partial charge in [0, 0.05) is 6.04 Å². The van der Waals surface area contributed by atoms with Crippen LogP contribution < -0.4 is 11.3 Å². The number of hydrogen-bond acceptors (Lipinski definition) is 5. The molecular weight excluding hydrogens is 402 g/mol. The number of rotatable bonds is 4. The van der Waals surface area contributed by atoms with Crippen molar-refractivity contribution in [2.24, 2.45) is 5.73 Å². The fourth-order valence-electron chi connectivity index (χ4n) is 4.11.